The van der Waals surface area contributed by atoms with Crippen molar-refractivity contribution in [2.24, 2.45) is 0 Å². The average Bonchev–Trinajstić information content (AvgIpc) is 2.82. The molecule has 0 unspecified atom stereocenters. The smallest absolute Gasteiger partial charge is 0.00877 e. The van der Waals surface area contributed by atoms with Crippen LogP contribution < -0.4 is 0 Å². The second kappa shape index (κ2) is 5.11. The Morgan fingerprint density at radius 2 is 1.47 bits per heavy atom. The molecular weight excluding hydrogens is 228 g/mol. The highest BCUT2D eigenvalue weighted by molar-refractivity contribution is 5.92. The summed E-state index contributed by atoms with van der Waals surface area (Å²) in [6, 6.07) is 20.9. The lowest BCUT2D eigenvalue weighted by Crippen LogP contribution is -1.86. The molecule has 92 valence electrons. The molecule has 3 rings (SSSR count). The van der Waals surface area contributed by atoms with E-state index in [9.17, 15) is 0 Å². The van der Waals surface area contributed by atoms with E-state index in [4.69, 9.17) is 0 Å². The third-order valence-electron chi connectivity index (χ3n) is 3.42. The van der Waals surface area contributed by atoms with Gasteiger partial charge in [0.25, 0.3) is 0 Å². The molecule has 0 nitrogen and oxygen atoms in total. The van der Waals surface area contributed by atoms with Gasteiger partial charge in [-0.25, -0.2) is 0 Å². The van der Waals surface area contributed by atoms with Crippen molar-refractivity contribution in [3.05, 3.63) is 95.6 Å². The molecule has 0 spiro atoms. The highest BCUT2D eigenvalue weighted by Gasteiger charge is 2.16. The summed E-state index contributed by atoms with van der Waals surface area (Å²) < 4.78 is 0. The first-order chi connectivity index (χ1) is 9.34. The van der Waals surface area contributed by atoms with Gasteiger partial charge in [0.1, 0.15) is 0 Å². The van der Waals surface area contributed by atoms with E-state index in [-0.39, 0.29) is 0 Å². The molecule has 2 aromatic rings. The molecule has 0 bridgehead atoms. The second-order valence-electron chi connectivity index (χ2n) is 4.76. The molecule has 0 atom stereocenters. The lowest BCUT2D eigenvalue weighted by atomic mass is 9.97. The van der Waals surface area contributed by atoms with E-state index in [0.29, 0.717) is 0 Å². The normalized spacial score (nSPS) is 16.7. The van der Waals surface area contributed by atoms with Gasteiger partial charge in [-0.1, -0.05) is 73.3 Å². The third kappa shape index (κ3) is 2.43. The fourth-order valence-corrected chi connectivity index (χ4v) is 2.42. The van der Waals surface area contributed by atoms with Gasteiger partial charge in [0.15, 0.2) is 0 Å². The minimum atomic E-state index is 0.947. The van der Waals surface area contributed by atoms with E-state index in [0.717, 1.165) is 6.42 Å². The summed E-state index contributed by atoms with van der Waals surface area (Å²) in [6.45, 7) is 4.19. The Bertz CT molecular complexity index is 643. The molecule has 0 radical (unpaired) electrons. The van der Waals surface area contributed by atoms with Crippen molar-refractivity contribution in [1.29, 1.82) is 0 Å². The number of hydrogen-bond acceptors (Lipinski definition) is 0. The highest BCUT2D eigenvalue weighted by atomic mass is 14.2. The summed E-state index contributed by atoms with van der Waals surface area (Å²) in [5.41, 5.74) is 6.25. The summed E-state index contributed by atoms with van der Waals surface area (Å²) in [4.78, 5) is 0. The molecule has 1 aliphatic carbocycles. The molecule has 0 aromatic heterocycles. The van der Waals surface area contributed by atoms with Gasteiger partial charge in [-0.15, -0.1) is 0 Å². The van der Waals surface area contributed by atoms with Crippen LogP contribution in [0.2, 0.25) is 0 Å². The van der Waals surface area contributed by atoms with E-state index >= 15 is 0 Å². The molecule has 0 saturated heterocycles. The molecule has 0 N–H and O–H groups in total. The molecule has 2 aromatic carbocycles. The second-order valence-corrected chi connectivity index (χ2v) is 4.76. The zero-order valence-electron chi connectivity index (χ0n) is 10.8. The van der Waals surface area contributed by atoms with Gasteiger partial charge in [-0.3, -0.25) is 0 Å². The lowest BCUT2D eigenvalue weighted by Gasteiger charge is -2.07. The van der Waals surface area contributed by atoms with Crippen molar-refractivity contribution >= 4 is 11.6 Å². The number of benzene rings is 2. The van der Waals surface area contributed by atoms with Crippen LogP contribution in [0.1, 0.15) is 17.5 Å². The largest absolute Gasteiger partial charge is 0.0949 e. The van der Waals surface area contributed by atoms with Crippen LogP contribution in [0.4, 0.5) is 0 Å². The zero-order valence-corrected chi connectivity index (χ0v) is 10.8. The summed E-state index contributed by atoms with van der Waals surface area (Å²) >= 11 is 0. The fraction of sp³-hybridized carbons (Fsp3) is 0.0526. The predicted molar refractivity (Wildman–Crippen MR) is 82.6 cm³/mol. The van der Waals surface area contributed by atoms with E-state index in [1.807, 2.05) is 6.07 Å². The van der Waals surface area contributed by atoms with Gasteiger partial charge < -0.3 is 0 Å². The first kappa shape index (κ1) is 11.7. The van der Waals surface area contributed by atoms with E-state index in [2.05, 4.69) is 73.3 Å². The van der Waals surface area contributed by atoms with E-state index in [1.54, 1.807) is 0 Å². The first-order valence-corrected chi connectivity index (χ1v) is 6.55. The standard InChI is InChI=1S/C19H16/c1-15-12-13-18(17-10-6-3-7-11-17)19(15)14-16-8-4-2-5-9-16/h2-11,13-14H,1,12H2/b19-14+. The van der Waals surface area contributed by atoms with Gasteiger partial charge in [0, 0.05) is 0 Å². The van der Waals surface area contributed by atoms with Crippen molar-refractivity contribution in [2.75, 3.05) is 0 Å². The summed E-state index contributed by atoms with van der Waals surface area (Å²) in [6.07, 6.45) is 5.45. The summed E-state index contributed by atoms with van der Waals surface area (Å²) in [5.74, 6) is 0. The van der Waals surface area contributed by atoms with Crippen LogP contribution in [-0.4, -0.2) is 0 Å². The molecule has 1 aliphatic rings. The quantitative estimate of drug-likeness (QED) is 0.688. The van der Waals surface area contributed by atoms with E-state index < -0.39 is 0 Å². The third-order valence-corrected chi connectivity index (χ3v) is 3.42. The molecular formula is C19H16. The van der Waals surface area contributed by atoms with Gasteiger partial charge in [0.05, 0.1) is 0 Å². The topological polar surface area (TPSA) is 0 Å². The Kier molecular flexibility index (Phi) is 3.16. The van der Waals surface area contributed by atoms with Crippen LogP contribution in [0, 0.1) is 0 Å². The maximum atomic E-state index is 4.19. The Hall–Kier alpha value is -2.34. The molecule has 0 heterocycles. The van der Waals surface area contributed by atoms with Crippen LogP contribution in [0.25, 0.3) is 11.6 Å². The Labute approximate surface area is 114 Å². The van der Waals surface area contributed by atoms with Crippen LogP contribution in [-0.2, 0) is 0 Å². The van der Waals surface area contributed by atoms with Gasteiger partial charge in [-0.2, -0.15) is 0 Å². The van der Waals surface area contributed by atoms with Crippen molar-refractivity contribution in [1.82, 2.24) is 0 Å². The SMILES string of the molecule is C=C1CC=C(c2ccccc2)/C1=C/c1ccccc1. The Morgan fingerprint density at radius 3 is 2.16 bits per heavy atom. The van der Waals surface area contributed by atoms with Crippen molar-refractivity contribution in [3.63, 3.8) is 0 Å². The summed E-state index contributed by atoms with van der Waals surface area (Å²) in [5, 5.41) is 0. The number of hydrogen-bond donors (Lipinski definition) is 0. The maximum Gasteiger partial charge on any atom is -0.00877 e. The van der Waals surface area contributed by atoms with Crippen molar-refractivity contribution < 1.29 is 0 Å². The molecule has 0 saturated carbocycles. The minimum absolute atomic E-state index is 0.947. The summed E-state index contributed by atoms with van der Waals surface area (Å²) in [7, 11) is 0. The van der Waals surface area contributed by atoms with Gasteiger partial charge in [-0.05, 0) is 40.3 Å². The Balaban J connectivity index is 2.02. The van der Waals surface area contributed by atoms with Crippen LogP contribution in [0.3, 0.4) is 0 Å². The maximum absolute atomic E-state index is 4.19. The minimum Gasteiger partial charge on any atom is -0.0949 e. The van der Waals surface area contributed by atoms with Crippen molar-refractivity contribution in [2.45, 2.75) is 6.42 Å². The molecule has 0 fully saturated rings. The lowest BCUT2D eigenvalue weighted by molar-refractivity contribution is 1.34. The highest BCUT2D eigenvalue weighted by Crippen LogP contribution is 2.37. The Morgan fingerprint density at radius 1 is 0.842 bits per heavy atom. The number of allylic oxidation sites excluding steroid dienone is 4. The van der Waals surface area contributed by atoms with E-state index in [1.165, 1.54) is 27.8 Å². The fourth-order valence-electron chi connectivity index (χ4n) is 2.42. The zero-order chi connectivity index (χ0) is 13.1. The van der Waals surface area contributed by atoms with Crippen LogP contribution in [0.5, 0.6) is 0 Å². The van der Waals surface area contributed by atoms with Crippen LogP contribution in [0.15, 0.2) is 84.5 Å². The van der Waals surface area contributed by atoms with Crippen LogP contribution >= 0.6 is 0 Å². The first-order valence-electron chi connectivity index (χ1n) is 6.55. The van der Waals surface area contributed by atoms with Gasteiger partial charge in [0.2, 0.25) is 0 Å². The predicted octanol–water partition coefficient (Wildman–Crippen LogP) is 5.11. The molecule has 0 amide bonds. The molecule has 19 heavy (non-hydrogen) atoms. The van der Waals surface area contributed by atoms with Crippen molar-refractivity contribution in [3.8, 4) is 0 Å². The monoisotopic (exact) mass is 244 g/mol. The van der Waals surface area contributed by atoms with Gasteiger partial charge >= 0.3 is 0 Å². The average molecular weight is 244 g/mol. The molecule has 0 heteroatoms. The molecule has 0 aliphatic heterocycles. The number of rotatable bonds is 2.